The highest BCUT2D eigenvalue weighted by Gasteiger charge is 2.36. The predicted molar refractivity (Wildman–Crippen MR) is 106 cm³/mol. The average molecular weight is 449 g/mol. The molecule has 0 aliphatic rings. The minimum Gasteiger partial charge on any atom is -0.348 e. The summed E-state index contributed by atoms with van der Waals surface area (Å²) in [5.41, 5.74) is -0.695. The molecule has 5 nitrogen and oxygen atoms in total. The number of halogens is 4. The number of benzene rings is 2. The van der Waals surface area contributed by atoms with E-state index >= 15 is 0 Å². The molecule has 0 fully saturated rings. The minimum atomic E-state index is -4.77. The fraction of sp³-hybridized carbons (Fsp3) is 0.316. The van der Waals surface area contributed by atoms with Gasteiger partial charge in [0, 0.05) is 0 Å². The lowest BCUT2D eigenvalue weighted by molar-refractivity contribution is -0.137. The molecule has 0 aliphatic carbocycles. The van der Waals surface area contributed by atoms with Crippen molar-refractivity contribution in [2.24, 2.45) is 0 Å². The minimum absolute atomic E-state index is 0.306. The van der Waals surface area contributed by atoms with Gasteiger partial charge in [0.05, 0.1) is 28.6 Å². The smallest absolute Gasteiger partial charge is 0.348 e. The SMILES string of the molecule is C[C@@H](NC(=O)[C@H](C)N(c1ccc(Cl)c(C(F)(F)F)c1)S(C)(=O)=O)c1ccccc1. The average Bonchev–Trinajstić information content (AvgIpc) is 2.61. The standard InChI is InChI=1S/C19H20ClF3N2O3S/c1-12(14-7-5-4-6-8-14)24-18(26)13(2)25(29(3,27)28)15-9-10-17(20)16(11-15)19(21,22)23/h4-13H,1-3H3,(H,24,26)/t12-,13+/m1/s1. The summed E-state index contributed by atoms with van der Waals surface area (Å²) in [6.45, 7) is 3.02. The Kier molecular flexibility index (Phi) is 6.85. The normalized spacial score (nSPS) is 14.2. The van der Waals surface area contributed by atoms with Crippen molar-refractivity contribution >= 4 is 33.2 Å². The van der Waals surface area contributed by atoms with Gasteiger partial charge in [0.2, 0.25) is 15.9 Å². The maximum atomic E-state index is 13.2. The second-order valence-corrected chi connectivity index (χ2v) is 8.80. The fourth-order valence-corrected chi connectivity index (χ4v) is 4.23. The van der Waals surface area contributed by atoms with Gasteiger partial charge in [-0.25, -0.2) is 8.42 Å². The second-order valence-electron chi connectivity index (χ2n) is 6.54. The van der Waals surface area contributed by atoms with Gasteiger partial charge >= 0.3 is 6.18 Å². The molecule has 158 valence electrons. The number of hydrogen-bond donors (Lipinski definition) is 1. The Balaban J connectivity index is 2.37. The van der Waals surface area contributed by atoms with Gasteiger partial charge in [-0.3, -0.25) is 9.10 Å². The van der Waals surface area contributed by atoms with E-state index in [0.717, 1.165) is 24.0 Å². The Labute approximate surface area is 172 Å². The lowest BCUT2D eigenvalue weighted by atomic mass is 10.1. The van der Waals surface area contributed by atoms with Crippen molar-refractivity contribution in [3.63, 3.8) is 0 Å². The molecule has 0 radical (unpaired) electrons. The van der Waals surface area contributed by atoms with E-state index in [0.29, 0.717) is 10.4 Å². The van der Waals surface area contributed by atoms with Gasteiger partial charge in [0.15, 0.2) is 0 Å². The first-order valence-electron chi connectivity index (χ1n) is 8.54. The van der Waals surface area contributed by atoms with E-state index in [4.69, 9.17) is 11.6 Å². The van der Waals surface area contributed by atoms with Gasteiger partial charge in [-0.05, 0) is 37.6 Å². The molecular formula is C19H20ClF3N2O3S. The number of alkyl halides is 3. The fourth-order valence-electron chi connectivity index (χ4n) is 2.84. The molecule has 0 aromatic heterocycles. The van der Waals surface area contributed by atoms with Crippen LogP contribution in [-0.2, 0) is 21.0 Å². The van der Waals surface area contributed by atoms with E-state index in [1.165, 1.54) is 6.92 Å². The first-order chi connectivity index (χ1) is 13.3. The van der Waals surface area contributed by atoms with E-state index in [9.17, 15) is 26.4 Å². The van der Waals surface area contributed by atoms with Crippen molar-refractivity contribution in [3.8, 4) is 0 Å². The molecule has 0 heterocycles. The van der Waals surface area contributed by atoms with Gasteiger partial charge in [0.1, 0.15) is 6.04 Å². The number of carbonyl (C=O) groups excluding carboxylic acids is 1. The van der Waals surface area contributed by atoms with Crippen molar-refractivity contribution in [2.75, 3.05) is 10.6 Å². The van der Waals surface area contributed by atoms with Crippen molar-refractivity contribution in [3.05, 3.63) is 64.7 Å². The molecule has 1 N–H and O–H groups in total. The van der Waals surface area contributed by atoms with E-state index < -0.39 is 44.8 Å². The molecule has 2 atom stereocenters. The maximum absolute atomic E-state index is 13.2. The Morgan fingerprint density at radius 1 is 1.10 bits per heavy atom. The number of sulfonamides is 1. The van der Waals surface area contributed by atoms with E-state index in [1.807, 2.05) is 6.07 Å². The Hall–Kier alpha value is -2.26. The molecule has 0 unspecified atom stereocenters. The van der Waals surface area contributed by atoms with Crippen LogP contribution in [0.4, 0.5) is 18.9 Å². The van der Waals surface area contributed by atoms with Crippen molar-refractivity contribution < 1.29 is 26.4 Å². The summed E-state index contributed by atoms with van der Waals surface area (Å²) in [6.07, 6.45) is -3.96. The molecule has 2 aromatic rings. The number of anilines is 1. The van der Waals surface area contributed by atoms with Gasteiger partial charge in [-0.15, -0.1) is 0 Å². The predicted octanol–water partition coefficient (Wildman–Crippen LogP) is 4.39. The summed E-state index contributed by atoms with van der Waals surface area (Å²) in [5, 5.41) is 2.12. The molecule has 10 heteroatoms. The highest BCUT2D eigenvalue weighted by Crippen LogP contribution is 2.37. The van der Waals surface area contributed by atoms with E-state index in [2.05, 4.69) is 5.32 Å². The zero-order chi connectivity index (χ0) is 22.0. The summed E-state index contributed by atoms with van der Waals surface area (Å²) in [5.74, 6) is -0.657. The van der Waals surface area contributed by atoms with Crippen molar-refractivity contribution in [2.45, 2.75) is 32.1 Å². The lowest BCUT2D eigenvalue weighted by Gasteiger charge is -2.30. The molecule has 0 aliphatic heterocycles. The zero-order valence-electron chi connectivity index (χ0n) is 15.9. The molecule has 2 rings (SSSR count). The third-order valence-corrected chi connectivity index (χ3v) is 5.83. The first kappa shape index (κ1) is 23.0. The van der Waals surface area contributed by atoms with Crippen LogP contribution in [0.15, 0.2) is 48.5 Å². The quantitative estimate of drug-likeness (QED) is 0.712. The molecule has 2 aromatic carbocycles. The number of rotatable bonds is 6. The number of nitrogens with one attached hydrogen (secondary N) is 1. The first-order valence-corrected chi connectivity index (χ1v) is 10.8. The van der Waals surface area contributed by atoms with Crippen LogP contribution >= 0.6 is 11.6 Å². The van der Waals surface area contributed by atoms with Crippen molar-refractivity contribution in [1.29, 1.82) is 0 Å². The van der Waals surface area contributed by atoms with Gasteiger partial charge in [0.25, 0.3) is 0 Å². The van der Waals surface area contributed by atoms with E-state index in [1.54, 1.807) is 31.2 Å². The van der Waals surface area contributed by atoms with Crippen molar-refractivity contribution in [1.82, 2.24) is 5.32 Å². The third-order valence-electron chi connectivity index (χ3n) is 4.26. The monoisotopic (exact) mass is 448 g/mol. The Morgan fingerprint density at radius 2 is 1.69 bits per heavy atom. The second kappa shape index (κ2) is 8.62. The number of nitrogens with zero attached hydrogens (tertiary/aromatic N) is 1. The van der Waals surface area contributed by atoms with Gasteiger partial charge < -0.3 is 5.32 Å². The summed E-state index contributed by atoms with van der Waals surface area (Å²) in [6, 6.07) is 9.95. The number of carbonyl (C=O) groups is 1. The van der Waals surface area contributed by atoms with Crippen LogP contribution in [0.25, 0.3) is 0 Å². The summed E-state index contributed by atoms with van der Waals surface area (Å²) >= 11 is 5.61. The van der Waals surface area contributed by atoms with Crippen LogP contribution in [0.2, 0.25) is 5.02 Å². The van der Waals surface area contributed by atoms with Crippen LogP contribution in [0.3, 0.4) is 0 Å². The number of hydrogen-bond acceptors (Lipinski definition) is 3. The van der Waals surface area contributed by atoms with Crippen LogP contribution in [0.1, 0.15) is 31.0 Å². The van der Waals surface area contributed by atoms with Crippen LogP contribution in [0.5, 0.6) is 0 Å². The zero-order valence-corrected chi connectivity index (χ0v) is 17.4. The molecule has 1 amide bonds. The van der Waals surface area contributed by atoms with Crippen LogP contribution in [0, 0.1) is 0 Å². The number of amides is 1. The highest BCUT2D eigenvalue weighted by molar-refractivity contribution is 7.92. The molecule has 0 bridgehead atoms. The summed E-state index contributed by atoms with van der Waals surface area (Å²) < 4.78 is 64.8. The summed E-state index contributed by atoms with van der Waals surface area (Å²) in [7, 11) is -4.08. The molecule has 0 spiro atoms. The highest BCUT2D eigenvalue weighted by atomic mass is 35.5. The molecule has 29 heavy (non-hydrogen) atoms. The lowest BCUT2D eigenvalue weighted by Crippen LogP contribution is -2.48. The Morgan fingerprint density at radius 3 is 2.21 bits per heavy atom. The van der Waals surface area contributed by atoms with Crippen LogP contribution in [-0.4, -0.2) is 26.6 Å². The topological polar surface area (TPSA) is 66.5 Å². The summed E-state index contributed by atoms with van der Waals surface area (Å²) in [4.78, 5) is 12.7. The Bertz CT molecular complexity index is 982. The van der Waals surface area contributed by atoms with Gasteiger partial charge in [-0.2, -0.15) is 13.2 Å². The molecule has 0 saturated heterocycles. The molecule has 0 saturated carbocycles. The largest absolute Gasteiger partial charge is 0.417 e. The van der Waals surface area contributed by atoms with Gasteiger partial charge in [-0.1, -0.05) is 41.9 Å². The third kappa shape index (κ3) is 5.63. The maximum Gasteiger partial charge on any atom is 0.417 e. The van der Waals surface area contributed by atoms with E-state index in [-0.39, 0.29) is 5.69 Å². The van der Waals surface area contributed by atoms with Crippen LogP contribution < -0.4 is 9.62 Å². The molecular weight excluding hydrogens is 429 g/mol.